The van der Waals surface area contributed by atoms with Crippen LogP contribution >= 0.6 is 22.9 Å². The van der Waals surface area contributed by atoms with Crippen LogP contribution in [0.5, 0.6) is 0 Å². The van der Waals surface area contributed by atoms with Crippen LogP contribution in [0.4, 0.5) is 13.2 Å². The number of aliphatic imine (C=N–C) groups is 1. The molecule has 5 heterocycles. The molecule has 3 aromatic rings. The van der Waals surface area contributed by atoms with Gasteiger partial charge < -0.3 is 20.2 Å². The second kappa shape index (κ2) is 12.4. The number of hydrogen-bond acceptors (Lipinski definition) is 10. The van der Waals surface area contributed by atoms with Gasteiger partial charge in [-0.15, -0.1) is 11.3 Å². The highest BCUT2D eigenvalue weighted by Gasteiger charge is 2.45. The molecule has 18 heteroatoms. The molecule has 0 amide bonds. The van der Waals surface area contributed by atoms with Crippen LogP contribution < -0.4 is 4.72 Å². The monoisotopic (exact) mass is 687 g/mol. The third-order valence-corrected chi connectivity index (χ3v) is 11.0. The molecule has 12 nitrogen and oxygen atoms in total. The van der Waals surface area contributed by atoms with Gasteiger partial charge in [0.1, 0.15) is 18.0 Å². The third kappa shape index (κ3) is 6.15. The number of fused-ring (bicyclic) bond motifs is 1. The van der Waals surface area contributed by atoms with E-state index in [2.05, 4.69) is 14.8 Å². The molecule has 1 unspecified atom stereocenters. The van der Waals surface area contributed by atoms with Gasteiger partial charge in [-0.1, -0.05) is 17.7 Å². The smallest absolute Gasteiger partial charge is 0.333 e. The average molecular weight is 688 g/mol. The molecule has 242 valence electrons. The van der Waals surface area contributed by atoms with Gasteiger partial charge >= 0.3 is 6.55 Å². The molecule has 2 aromatic heterocycles. The zero-order valence-electron chi connectivity index (χ0n) is 23.5. The molecule has 0 saturated carbocycles. The molecule has 2 fully saturated rings. The standard InChI is InChI=1S/C27H29ClF3N7O5S2/c28-18-11-15(29)1-2-17(18)23-22(19-3-7-38(34-19)26(30)31)20-12-16(13-37(20)24(33-23)25-32-6-10-44-25)35-45(42,43)36-8-4-27(41,5-9-36)21(40)14-39/h1-3,6-7,10-11,16,21,23,26,35,39-41H,4-5,8-9,12-14H2/t16-,21?,23-/m0/s1. The highest BCUT2D eigenvalue weighted by molar-refractivity contribution is 7.87. The molecule has 0 radical (unpaired) electrons. The van der Waals surface area contributed by atoms with Gasteiger partial charge in [0, 0.05) is 71.7 Å². The van der Waals surface area contributed by atoms with Crippen LogP contribution in [0, 0.1) is 5.82 Å². The van der Waals surface area contributed by atoms with Crippen molar-refractivity contribution in [3.8, 4) is 0 Å². The first kappa shape index (κ1) is 32.1. The number of rotatable bonds is 9. The van der Waals surface area contributed by atoms with E-state index in [0.717, 1.165) is 12.3 Å². The Morgan fingerprint density at radius 2 is 1.98 bits per heavy atom. The summed E-state index contributed by atoms with van der Waals surface area (Å²) in [4.78, 5) is 11.1. The lowest BCUT2D eigenvalue weighted by atomic mass is 9.87. The summed E-state index contributed by atoms with van der Waals surface area (Å²) in [7, 11) is -4.09. The van der Waals surface area contributed by atoms with Gasteiger partial charge in [-0.2, -0.15) is 31.3 Å². The quantitative estimate of drug-likeness (QED) is 0.268. The Labute approximate surface area is 265 Å². The number of alkyl halides is 2. The van der Waals surface area contributed by atoms with Gasteiger partial charge in [0.25, 0.3) is 10.2 Å². The lowest BCUT2D eigenvalue weighted by molar-refractivity contribution is -0.117. The molecule has 1 aromatic carbocycles. The summed E-state index contributed by atoms with van der Waals surface area (Å²) >= 11 is 7.79. The maximum absolute atomic E-state index is 14.0. The lowest BCUT2D eigenvalue weighted by Gasteiger charge is -2.39. The second-order valence-electron chi connectivity index (χ2n) is 11.0. The normalized spacial score (nSPS) is 23.0. The summed E-state index contributed by atoms with van der Waals surface area (Å²) in [6.07, 6.45) is 1.29. The van der Waals surface area contributed by atoms with E-state index in [-0.39, 0.29) is 49.6 Å². The number of aliphatic hydroxyl groups excluding tert-OH is 2. The number of benzene rings is 1. The minimum atomic E-state index is -4.09. The van der Waals surface area contributed by atoms with E-state index in [1.54, 1.807) is 16.5 Å². The first-order chi connectivity index (χ1) is 21.4. The zero-order chi connectivity index (χ0) is 32.1. The predicted molar refractivity (Wildman–Crippen MR) is 159 cm³/mol. The number of aliphatic hydroxyl groups is 3. The Bertz CT molecular complexity index is 1730. The second-order valence-corrected chi connectivity index (χ2v) is 14.0. The van der Waals surface area contributed by atoms with Crippen molar-refractivity contribution >= 4 is 44.6 Å². The summed E-state index contributed by atoms with van der Waals surface area (Å²) in [5.74, 6) is -0.163. The van der Waals surface area contributed by atoms with Crippen LogP contribution in [-0.4, -0.2) is 97.5 Å². The van der Waals surface area contributed by atoms with Crippen LogP contribution in [0.25, 0.3) is 5.57 Å². The minimum absolute atomic E-state index is 0.0636. The number of nitrogens with zero attached hydrogens (tertiary/aromatic N) is 6. The number of halogens is 4. The van der Waals surface area contributed by atoms with E-state index in [0.29, 0.717) is 32.4 Å². The average Bonchev–Trinajstić information content (AvgIpc) is 3.77. The zero-order valence-corrected chi connectivity index (χ0v) is 25.9. The van der Waals surface area contributed by atoms with Gasteiger partial charge in [-0.25, -0.2) is 14.1 Å². The van der Waals surface area contributed by atoms with Crippen LogP contribution in [0.15, 0.2) is 52.7 Å². The Morgan fingerprint density at radius 1 is 1.22 bits per heavy atom. The summed E-state index contributed by atoms with van der Waals surface area (Å²) in [5.41, 5.74) is -0.0660. The summed E-state index contributed by atoms with van der Waals surface area (Å²) in [6.45, 7) is -3.61. The van der Waals surface area contributed by atoms with Crippen LogP contribution in [0.3, 0.4) is 0 Å². The number of thiazole rings is 1. The van der Waals surface area contributed by atoms with Crippen molar-refractivity contribution < 1.29 is 36.9 Å². The largest absolute Gasteiger partial charge is 0.394 e. The molecular formula is C27H29ClF3N7O5S2. The molecule has 45 heavy (non-hydrogen) atoms. The highest BCUT2D eigenvalue weighted by atomic mass is 35.5. The van der Waals surface area contributed by atoms with E-state index >= 15 is 0 Å². The van der Waals surface area contributed by atoms with Crippen molar-refractivity contribution in [2.45, 2.75) is 49.6 Å². The SMILES string of the molecule is O=S(=O)(N[C@H]1CC2=C(c3ccn(C(F)F)n3)[C@H](c3ccc(F)cc3Cl)N=C(c3nccs3)N2C1)N1CCC(O)(C(O)CO)CC1. The molecule has 3 atom stereocenters. The fourth-order valence-corrected chi connectivity index (χ4v) is 8.24. The molecule has 0 spiro atoms. The van der Waals surface area contributed by atoms with Crippen molar-refractivity contribution in [1.29, 1.82) is 0 Å². The van der Waals surface area contributed by atoms with E-state index in [9.17, 15) is 36.9 Å². The first-order valence-corrected chi connectivity index (χ1v) is 16.7. The molecule has 0 bridgehead atoms. The van der Waals surface area contributed by atoms with E-state index in [4.69, 9.17) is 16.6 Å². The topological polar surface area (TPSA) is 156 Å². The Balaban J connectivity index is 1.38. The molecule has 3 aliphatic heterocycles. The Morgan fingerprint density at radius 3 is 2.60 bits per heavy atom. The van der Waals surface area contributed by atoms with Crippen molar-refractivity contribution in [2.24, 2.45) is 4.99 Å². The van der Waals surface area contributed by atoms with Gasteiger partial charge in [-0.05, 0) is 31.0 Å². The summed E-state index contributed by atoms with van der Waals surface area (Å²) < 4.78 is 72.6. The molecule has 0 aliphatic carbocycles. The number of nitrogens with one attached hydrogen (secondary N) is 1. The first-order valence-electron chi connectivity index (χ1n) is 14.0. The molecule has 4 N–H and O–H groups in total. The van der Waals surface area contributed by atoms with Gasteiger partial charge in [0.15, 0.2) is 10.8 Å². The van der Waals surface area contributed by atoms with Gasteiger partial charge in [0.2, 0.25) is 0 Å². The highest BCUT2D eigenvalue weighted by Crippen LogP contribution is 2.46. The van der Waals surface area contributed by atoms with Gasteiger partial charge in [-0.3, -0.25) is 4.99 Å². The predicted octanol–water partition coefficient (Wildman–Crippen LogP) is 2.53. The summed E-state index contributed by atoms with van der Waals surface area (Å²) in [5, 5.41) is 36.3. The van der Waals surface area contributed by atoms with Crippen molar-refractivity contribution in [2.75, 3.05) is 26.2 Å². The van der Waals surface area contributed by atoms with Crippen LogP contribution in [0.2, 0.25) is 5.02 Å². The maximum atomic E-state index is 14.0. The lowest BCUT2D eigenvalue weighted by Crippen LogP contribution is -2.56. The van der Waals surface area contributed by atoms with E-state index < -0.39 is 53.0 Å². The van der Waals surface area contributed by atoms with Crippen molar-refractivity contribution in [1.82, 2.24) is 28.7 Å². The Hall–Kier alpha value is -2.90. The van der Waals surface area contributed by atoms with E-state index in [1.807, 2.05) is 0 Å². The Kier molecular flexibility index (Phi) is 8.81. The third-order valence-electron chi connectivity index (χ3n) is 8.26. The summed E-state index contributed by atoms with van der Waals surface area (Å²) in [6, 6.07) is 3.62. The molecule has 6 rings (SSSR count). The maximum Gasteiger partial charge on any atom is 0.333 e. The number of hydrogen-bond donors (Lipinski definition) is 4. The fraction of sp³-hybridized carbons (Fsp3) is 0.444. The van der Waals surface area contributed by atoms with Gasteiger partial charge in [0.05, 0.1) is 17.9 Å². The van der Waals surface area contributed by atoms with Crippen molar-refractivity contribution in [3.05, 3.63) is 74.8 Å². The van der Waals surface area contributed by atoms with E-state index in [1.165, 1.54) is 33.8 Å². The number of amidine groups is 1. The number of piperidine rings is 1. The fourth-order valence-electron chi connectivity index (χ4n) is 5.93. The molecule has 3 aliphatic rings. The molecule has 2 saturated heterocycles. The van der Waals surface area contributed by atoms with Crippen LogP contribution in [0.1, 0.15) is 48.1 Å². The minimum Gasteiger partial charge on any atom is -0.394 e. The number of aromatic nitrogens is 3. The van der Waals surface area contributed by atoms with Crippen molar-refractivity contribution in [3.63, 3.8) is 0 Å². The van der Waals surface area contributed by atoms with Crippen LogP contribution in [-0.2, 0) is 10.2 Å². The molecular weight excluding hydrogens is 659 g/mol.